The number of rotatable bonds is 8. The molecular formula is C26H25N3O7. The highest BCUT2D eigenvalue weighted by Gasteiger charge is 2.38. The Bertz CT molecular complexity index is 1270. The fourth-order valence-corrected chi connectivity index (χ4v) is 4.75. The zero-order chi connectivity index (χ0) is 26.0. The predicted molar refractivity (Wildman–Crippen MR) is 127 cm³/mol. The van der Waals surface area contributed by atoms with Gasteiger partial charge >= 0.3 is 5.97 Å². The molecule has 2 aliphatic rings. The van der Waals surface area contributed by atoms with Gasteiger partial charge in [0.25, 0.3) is 5.91 Å². The molecule has 1 aliphatic heterocycles. The summed E-state index contributed by atoms with van der Waals surface area (Å²) in [6.07, 6.45) is 0.675. The summed E-state index contributed by atoms with van der Waals surface area (Å²) in [5.41, 5.74) is 2.38. The van der Waals surface area contributed by atoms with Crippen LogP contribution in [0, 0.1) is 0 Å². The minimum Gasteiger partial charge on any atom is -0.481 e. The number of aliphatic carboxylic acids is 1. The number of nitrogens with zero attached hydrogens (tertiary/aromatic N) is 1. The van der Waals surface area contributed by atoms with Crippen LogP contribution in [0.25, 0.3) is 11.1 Å². The SMILES string of the molecule is C[C@H](NC(=O)c1cccc2c1-c1ccccc1C2=O)C(=O)N1CCCC1C(=O)N[C@H](C=O)CC(=O)O. The van der Waals surface area contributed by atoms with E-state index in [1.165, 1.54) is 11.8 Å². The summed E-state index contributed by atoms with van der Waals surface area (Å²) in [6, 6.07) is 8.83. The molecule has 1 heterocycles. The number of hydrogen-bond acceptors (Lipinski definition) is 6. The van der Waals surface area contributed by atoms with Crippen LogP contribution in [-0.4, -0.2) is 70.4 Å². The van der Waals surface area contributed by atoms with E-state index in [1.807, 2.05) is 0 Å². The molecule has 10 nitrogen and oxygen atoms in total. The Kier molecular flexibility index (Phi) is 6.96. The monoisotopic (exact) mass is 491 g/mol. The number of carboxylic acid groups (broad SMARTS) is 1. The highest BCUT2D eigenvalue weighted by atomic mass is 16.4. The van der Waals surface area contributed by atoms with E-state index >= 15 is 0 Å². The van der Waals surface area contributed by atoms with Gasteiger partial charge in [0, 0.05) is 28.8 Å². The molecule has 36 heavy (non-hydrogen) atoms. The van der Waals surface area contributed by atoms with Gasteiger partial charge in [0.1, 0.15) is 18.4 Å². The van der Waals surface area contributed by atoms with Gasteiger partial charge in [-0.25, -0.2) is 0 Å². The van der Waals surface area contributed by atoms with E-state index in [0.29, 0.717) is 41.4 Å². The lowest BCUT2D eigenvalue weighted by atomic mass is 9.98. The fourth-order valence-electron chi connectivity index (χ4n) is 4.75. The molecule has 3 N–H and O–H groups in total. The number of hydrogen-bond donors (Lipinski definition) is 3. The topological polar surface area (TPSA) is 150 Å². The number of aldehydes is 1. The molecule has 4 rings (SSSR count). The van der Waals surface area contributed by atoms with Crippen molar-refractivity contribution < 1.29 is 33.9 Å². The average Bonchev–Trinajstić information content (AvgIpc) is 3.46. The van der Waals surface area contributed by atoms with Crippen LogP contribution < -0.4 is 10.6 Å². The molecule has 0 aromatic heterocycles. The molecule has 3 amide bonds. The number of likely N-dealkylation sites (tertiary alicyclic amines) is 1. The Morgan fingerprint density at radius 3 is 2.44 bits per heavy atom. The van der Waals surface area contributed by atoms with Gasteiger partial charge in [0.15, 0.2) is 5.78 Å². The van der Waals surface area contributed by atoms with Crippen molar-refractivity contribution in [3.63, 3.8) is 0 Å². The number of carbonyl (C=O) groups excluding carboxylic acids is 5. The van der Waals surface area contributed by atoms with Crippen LogP contribution in [0.2, 0.25) is 0 Å². The fraction of sp³-hybridized carbons (Fsp3) is 0.308. The summed E-state index contributed by atoms with van der Waals surface area (Å²) in [6.45, 7) is 1.79. The quantitative estimate of drug-likeness (QED) is 0.400. The molecule has 186 valence electrons. The van der Waals surface area contributed by atoms with E-state index in [2.05, 4.69) is 10.6 Å². The first-order valence-corrected chi connectivity index (χ1v) is 11.6. The smallest absolute Gasteiger partial charge is 0.305 e. The molecule has 10 heteroatoms. The standard InChI is InChI=1S/C26H25N3O7/c1-14(26(36)29-11-5-10-20(29)25(35)28-15(13-30)12-21(31)32)27-24(34)19-9-4-8-18-22(19)16-6-2-3-7-17(16)23(18)33/h2-4,6-9,13-15,20H,5,10-12H2,1H3,(H,27,34)(H,28,35)(H,31,32)/t14-,15-,20?/m0/s1. The molecule has 0 bridgehead atoms. The molecule has 3 atom stereocenters. The van der Waals surface area contributed by atoms with Gasteiger partial charge in [0.05, 0.1) is 12.5 Å². The lowest BCUT2D eigenvalue weighted by Gasteiger charge is -2.28. The first-order valence-electron chi connectivity index (χ1n) is 11.6. The zero-order valence-corrected chi connectivity index (χ0v) is 19.5. The maximum Gasteiger partial charge on any atom is 0.305 e. The lowest BCUT2D eigenvalue weighted by molar-refractivity contribution is -0.141. The number of fused-ring (bicyclic) bond motifs is 3. The third-order valence-corrected chi connectivity index (χ3v) is 6.44. The van der Waals surface area contributed by atoms with Crippen LogP contribution in [0.1, 0.15) is 52.5 Å². The second-order valence-corrected chi connectivity index (χ2v) is 8.84. The molecule has 0 radical (unpaired) electrons. The Balaban J connectivity index is 1.48. The number of carbonyl (C=O) groups is 6. The van der Waals surface area contributed by atoms with E-state index in [9.17, 15) is 28.8 Å². The second kappa shape index (κ2) is 10.1. The van der Waals surface area contributed by atoms with E-state index in [0.717, 1.165) is 0 Å². The average molecular weight is 492 g/mol. The second-order valence-electron chi connectivity index (χ2n) is 8.84. The van der Waals surface area contributed by atoms with Crippen LogP contribution in [0.15, 0.2) is 42.5 Å². The Labute approximate surface area is 206 Å². The normalized spacial score (nSPS) is 17.5. The van der Waals surface area contributed by atoms with Gasteiger partial charge in [0.2, 0.25) is 11.8 Å². The number of amides is 3. The molecule has 0 spiro atoms. The summed E-state index contributed by atoms with van der Waals surface area (Å²) in [7, 11) is 0. The van der Waals surface area contributed by atoms with Gasteiger partial charge in [-0.1, -0.05) is 36.4 Å². The number of ketones is 1. The van der Waals surface area contributed by atoms with Crippen molar-refractivity contribution in [3.05, 3.63) is 59.2 Å². The molecular weight excluding hydrogens is 466 g/mol. The van der Waals surface area contributed by atoms with Gasteiger partial charge in [-0.05, 0) is 31.4 Å². The number of nitrogens with one attached hydrogen (secondary N) is 2. The van der Waals surface area contributed by atoms with Crippen molar-refractivity contribution >= 4 is 35.8 Å². The van der Waals surface area contributed by atoms with E-state index in [-0.39, 0.29) is 17.9 Å². The maximum atomic E-state index is 13.2. The molecule has 1 aliphatic carbocycles. The van der Waals surface area contributed by atoms with Crippen molar-refractivity contribution in [2.45, 2.75) is 44.3 Å². The Morgan fingerprint density at radius 2 is 1.75 bits per heavy atom. The lowest BCUT2D eigenvalue weighted by Crippen LogP contribution is -2.54. The van der Waals surface area contributed by atoms with Crippen LogP contribution >= 0.6 is 0 Å². The molecule has 1 unspecified atom stereocenters. The van der Waals surface area contributed by atoms with E-state index < -0.39 is 48.2 Å². The maximum absolute atomic E-state index is 13.2. The summed E-state index contributed by atoms with van der Waals surface area (Å²) in [5, 5.41) is 13.9. The van der Waals surface area contributed by atoms with Crippen LogP contribution in [0.5, 0.6) is 0 Å². The number of benzene rings is 2. The highest BCUT2D eigenvalue weighted by Crippen LogP contribution is 2.38. The summed E-state index contributed by atoms with van der Waals surface area (Å²) < 4.78 is 0. The van der Waals surface area contributed by atoms with Crippen molar-refractivity contribution in [3.8, 4) is 11.1 Å². The summed E-state index contributed by atoms with van der Waals surface area (Å²) in [5.74, 6) is -3.03. The van der Waals surface area contributed by atoms with Crippen molar-refractivity contribution in [2.24, 2.45) is 0 Å². The van der Waals surface area contributed by atoms with Gasteiger partial charge in [-0.2, -0.15) is 0 Å². The first kappa shape index (κ1) is 24.8. The molecule has 2 aromatic rings. The van der Waals surface area contributed by atoms with Gasteiger partial charge in [-0.15, -0.1) is 0 Å². The highest BCUT2D eigenvalue weighted by molar-refractivity contribution is 6.24. The minimum atomic E-state index is -1.24. The molecule has 2 aromatic carbocycles. The van der Waals surface area contributed by atoms with E-state index in [4.69, 9.17) is 5.11 Å². The number of carboxylic acids is 1. The third kappa shape index (κ3) is 4.61. The molecule has 1 fully saturated rings. The van der Waals surface area contributed by atoms with Crippen molar-refractivity contribution in [2.75, 3.05) is 6.54 Å². The first-order chi connectivity index (χ1) is 17.2. The van der Waals surface area contributed by atoms with Gasteiger partial charge in [-0.3, -0.25) is 24.0 Å². The van der Waals surface area contributed by atoms with Gasteiger partial charge < -0.3 is 25.4 Å². The Hall–Kier alpha value is -4.34. The summed E-state index contributed by atoms with van der Waals surface area (Å²) in [4.78, 5) is 75.1. The van der Waals surface area contributed by atoms with Crippen LogP contribution in [0.3, 0.4) is 0 Å². The zero-order valence-electron chi connectivity index (χ0n) is 19.5. The third-order valence-electron chi connectivity index (χ3n) is 6.44. The van der Waals surface area contributed by atoms with Crippen molar-refractivity contribution in [1.29, 1.82) is 0 Å². The minimum absolute atomic E-state index is 0.165. The largest absolute Gasteiger partial charge is 0.481 e. The van der Waals surface area contributed by atoms with Crippen molar-refractivity contribution in [1.82, 2.24) is 15.5 Å². The van der Waals surface area contributed by atoms with Crippen LogP contribution in [0.4, 0.5) is 0 Å². The van der Waals surface area contributed by atoms with E-state index in [1.54, 1.807) is 42.5 Å². The van der Waals surface area contributed by atoms with Crippen LogP contribution in [-0.2, 0) is 19.2 Å². The summed E-state index contributed by atoms with van der Waals surface area (Å²) >= 11 is 0. The molecule has 0 saturated carbocycles. The Morgan fingerprint density at radius 1 is 1.06 bits per heavy atom. The molecule has 1 saturated heterocycles. The predicted octanol–water partition coefficient (Wildman–Crippen LogP) is 1.17.